The maximum Gasteiger partial charge on any atom is 0.220 e. The summed E-state index contributed by atoms with van der Waals surface area (Å²) >= 11 is 0. The van der Waals surface area contributed by atoms with Gasteiger partial charge in [-0.25, -0.2) is 0 Å². The Kier molecular flexibility index (Phi) is 4.99. The molecule has 20 heavy (non-hydrogen) atoms. The van der Waals surface area contributed by atoms with E-state index in [-0.39, 0.29) is 11.9 Å². The SMILES string of the molecule is CCC(C)NC(=O)CCc1ccc(-c2ccccc2)o1. The van der Waals surface area contributed by atoms with Crippen molar-refractivity contribution in [1.82, 2.24) is 5.32 Å². The van der Waals surface area contributed by atoms with Crippen LogP contribution in [0.25, 0.3) is 11.3 Å². The topological polar surface area (TPSA) is 42.2 Å². The molecule has 0 fully saturated rings. The lowest BCUT2D eigenvalue weighted by molar-refractivity contribution is -0.121. The number of carbonyl (C=O) groups is 1. The molecule has 1 heterocycles. The van der Waals surface area contributed by atoms with Crippen LogP contribution in [-0.2, 0) is 11.2 Å². The van der Waals surface area contributed by atoms with E-state index in [0.717, 1.165) is 23.5 Å². The van der Waals surface area contributed by atoms with Gasteiger partial charge >= 0.3 is 0 Å². The molecule has 0 spiro atoms. The van der Waals surface area contributed by atoms with Crippen LogP contribution in [0.3, 0.4) is 0 Å². The summed E-state index contributed by atoms with van der Waals surface area (Å²) < 4.78 is 5.77. The number of amides is 1. The molecule has 0 saturated heterocycles. The van der Waals surface area contributed by atoms with Crippen molar-refractivity contribution in [3.63, 3.8) is 0 Å². The zero-order valence-electron chi connectivity index (χ0n) is 12.1. The molecule has 3 heteroatoms. The third kappa shape index (κ3) is 3.98. The fourth-order valence-electron chi connectivity index (χ4n) is 1.96. The fourth-order valence-corrected chi connectivity index (χ4v) is 1.96. The zero-order chi connectivity index (χ0) is 14.4. The van der Waals surface area contributed by atoms with Crippen LogP contribution in [0.15, 0.2) is 46.9 Å². The van der Waals surface area contributed by atoms with Crippen molar-refractivity contribution in [1.29, 1.82) is 0 Å². The molecule has 1 unspecified atom stereocenters. The first-order chi connectivity index (χ1) is 9.69. The quantitative estimate of drug-likeness (QED) is 0.868. The van der Waals surface area contributed by atoms with Gasteiger partial charge in [0.1, 0.15) is 11.5 Å². The minimum atomic E-state index is 0.0806. The summed E-state index contributed by atoms with van der Waals surface area (Å²) in [6.45, 7) is 4.07. The summed E-state index contributed by atoms with van der Waals surface area (Å²) in [6, 6.07) is 14.1. The van der Waals surface area contributed by atoms with Gasteiger partial charge in [0.15, 0.2) is 0 Å². The highest BCUT2D eigenvalue weighted by atomic mass is 16.3. The highest BCUT2D eigenvalue weighted by molar-refractivity contribution is 5.76. The Morgan fingerprint density at radius 2 is 1.95 bits per heavy atom. The molecule has 0 radical (unpaired) electrons. The molecule has 1 amide bonds. The van der Waals surface area contributed by atoms with Gasteiger partial charge in [-0.15, -0.1) is 0 Å². The van der Waals surface area contributed by atoms with Gasteiger partial charge in [0.25, 0.3) is 0 Å². The second-order valence-corrected chi connectivity index (χ2v) is 5.01. The highest BCUT2D eigenvalue weighted by Crippen LogP contribution is 2.22. The van der Waals surface area contributed by atoms with Crippen molar-refractivity contribution in [2.75, 3.05) is 0 Å². The number of carbonyl (C=O) groups excluding carboxylic acids is 1. The molecule has 0 aliphatic carbocycles. The van der Waals surface area contributed by atoms with Crippen LogP contribution in [0.1, 0.15) is 32.4 Å². The molecule has 1 aromatic heterocycles. The fraction of sp³-hybridized carbons (Fsp3) is 0.353. The standard InChI is InChI=1S/C17H21NO2/c1-3-13(2)18-17(19)12-10-15-9-11-16(20-15)14-7-5-4-6-8-14/h4-9,11,13H,3,10,12H2,1-2H3,(H,18,19). The first kappa shape index (κ1) is 14.4. The Bertz CT molecular complexity index is 545. The molecule has 0 bridgehead atoms. The van der Waals surface area contributed by atoms with Crippen molar-refractivity contribution in [2.45, 2.75) is 39.2 Å². The minimum absolute atomic E-state index is 0.0806. The Balaban J connectivity index is 1.89. The van der Waals surface area contributed by atoms with Crippen molar-refractivity contribution in [3.05, 3.63) is 48.2 Å². The lowest BCUT2D eigenvalue weighted by atomic mass is 10.2. The van der Waals surface area contributed by atoms with Gasteiger partial charge in [-0.3, -0.25) is 4.79 Å². The normalized spacial score (nSPS) is 12.1. The van der Waals surface area contributed by atoms with E-state index in [0.29, 0.717) is 12.8 Å². The molecule has 0 saturated carbocycles. The van der Waals surface area contributed by atoms with Gasteiger partial charge in [-0.1, -0.05) is 37.3 Å². The Morgan fingerprint density at radius 3 is 2.65 bits per heavy atom. The van der Waals surface area contributed by atoms with Crippen LogP contribution in [0, 0.1) is 0 Å². The van der Waals surface area contributed by atoms with Crippen molar-refractivity contribution < 1.29 is 9.21 Å². The van der Waals surface area contributed by atoms with E-state index in [1.54, 1.807) is 0 Å². The molecular weight excluding hydrogens is 250 g/mol. The van der Waals surface area contributed by atoms with Gasteiger partial charge in [-0.05, 0) is 25.5 Å². The predicted molar refractivity (Wildman–Crippen MR) is 80.4 cm³/mol. The lowest BCUT2D eigenvalue weighted by Gasteiger charge is -2.10. The number of hydrogen-bond donors (Lipinski definition) is 1. The van der Waals surface area contributed by atoms with Gasteiger partial charge < -0.3 is 9.73 Å². The largest absolute Gasteiger partial charge is 0.461 e. The molecule has 1 aromatic carbocycles. The van der Waals surface area contributed by atoms with Gasteiger partial charge in [0, 0.05) is 24.4 Å². The summed E-state index contributed by atoms with van der Waals surface area (Å²) in [5.41, 5.74) is 1.06. The van der Waals surface area contributed by atoms with E-state index in [2.05, 4.69) is 12.2 Å². The van der Waals surface area contributed by atoms with E-state index >= 15 is 0 Å². The minimum Gasteiger partial charge on any atom is -0.461 e. The molecule has 106 valence electrons. The van der Waals surface area contributed by atoms with E-state index in [4.69, 9.17) is 4.42 Å². The van der Waals surface area contributed by atoms with Gasteiger partial charge in [0.05, 0.1) is 0 Å². The number of rotatable bonds is 6. The number of benzene rings is 1. The lowest BCUT2D eigenvalue weighted by Crippen LogP contribution is -2.31. The summed E-state index contributed by atoms with van der Waals surface area (Å²) in [4.78, 5) is 11.7. The summed E-state index contributed by atoms with van der Waals surface area (Å²) in [5, 5.41) is 2.96. The average molecular weight is 271 g/mol. The van der Waals surface area contributed by atoms with Crippen molar-refractivity contribution in [3.8, 4) is 11.3 Å². The maximum absolute atomic E-state index is 11.7. The number of aryl methyl sites for hydroxylation is 1. The van der Waals surface area contributed by atoms with Crippen LogP contribution < -0.4 is 5.32 Å². The number of nitrogens with one attached hydrogen (secondary N) is 1. The average Bonchev–Trinajstić information content (AvgIpc) is 2.95. The second kappa shape index (κ2) is 6.94. The predicted octanol–water partition coefficient (Wildman–Crippen LogP) is 3.79. The van der Waals surface area contributed by atoms with E-state index < -0.39 is 0 Å². The molecule has 1 N–H and O–H groups in total. The summed E-state index contributed by atoms with van der Waals surface area (Å²) in [5.74, 6) is 1.78. The van der Waals surface area contributed by atoms with E-state index in [1.165, 1.54) is 0 Å². The third-order valence-electron chi connectivity index (χ3n) is 3.34. The smallest absolute Gasteiger partial charge is 0.220 e. The van der Waals surface area contributed by atoms with E-state index in [9.17, 15) is 4.79 Å². The van der Waals surface area contributed by atoms with Crippen LogP contribution in [0.4, 0.5) is 0 Å². The van der Waals surface area contributed by atoms with Crippen LogP contribution >= 0.6 is 0 Å². The molecule has 0 aliphatic heterocycles. The Hall–Kier alpha value is -2.03. The first-order valence-corrected chi connectivity index (χ1v) is 7.12. The molecule has 0 aliphatic rings. The number of hydrogen-bond acceptors (Lipinski definition) is 2. The summed E-state index contributed by atoms with van der Waals surface area (Å²) in [6.07, 6.45) is 2.05. The van der Waals surface area contributed by atoms with E-state index in [1.807, 2.05) is 49.4 Å². The number of furan rings is 1. The highest BCUT2D eigenvalue weighted by Gasteiger charge is 2.08. The first-order valence-electron chi connectivity index (χ1n) is 7.12. The molecular formula is C17H21NO2. The van der Waals surface area contributed by atoms with Crippen molar-refractivity contribution in [2.24, 2.45) is 0 Å². The molecule has 1 atom stereocenters. The van der Waals surface area contributed by atoms with Crippen LogP contribution in [0.5, 0.6) is 0 Å². The van der Waals surface area contributed by atoms with Gasteiger partial charge in [0.2, 0.25) is 5.91 Å². The molecule has 2 rings (SSSR count). The summed E-state index contributed by atoms with van der Waals surface area (Å²) in [7, 11) is 0. The Morgan fingerprint density at radius 1 is 1.20 bits per heavy atom. The molecule has 3 nitrogen and oxygen atoms in total. The maximum atomic E-state index is 11.7. The third-order valence-corrected chi connectivity index (χ3v) is 3.34. The van der Waals surface area contributed by atoms with Gasteiger partial charge in [-0.2, -0.15) is 0 Å². The molecule has 2 aromatic rings. The zero-order valence-corrected chi connectivity index (χ0v) is 12.1. The van der Waals surface area contributed by atoms with Crippen molar-refractivity contribution >= 4 is 5.91 Å². The second-order valence-electron chi connectivity index (χ2n) is 5.01. The van der Waals surface area contributed by atoms with Crippen LogP contribution in [-0.4, -0.2) is 11.9 Å². The van der Waals surface area contributed by atoms with Crippen LogP contribution in [0.2, 0.25) is 0 Å². The Labute approximate surface area is 120 Å². The monoisotopic (exact) mass is 271 g/mol.